The number of hydrogen-bond acceptors (Lipinski definition) is 2. The van der Waals surface area contributed by atoms with Crippen LogP contribution in [0.1, 0.15) is 47.5 Å². The van der Waals surface area contributed by atoms with Crippen molar-refractivity contribution in [3.63, 3.8) is 0 Å². The van der Waals surface area contributed by atoms with Crippen LogP contribution >= 0.6 is 0 Å². The fourth-order valence-electron chi connectivity index (χ4n) is 1.49. The van der Waals surface area contributed by atoms with Crippen molar-refractivity contribution in [2.75, 3.05) is 13.7 Å². The largest absolute Gasteiger partial charge is 0.382 e. The van der Waals surface area contributed by atoms with Gasteiger partial charge in [-0.05, 0) is 31.7 Å². The number of ether oxygens (including phenoxy) is 1. The van der Waals surface area contributed by atoms with Gasteiger partial charge in [-0.3, -0.25) is 0 Å². The molecule has 0 spiro atoms. The molecule has 0 radical (unpaired) electrons. The number of rotatable bonds is 6. The predicted octanol–water partition coefficient (Wildman–Crippen LogP) is 2.83. The Bertz CT molecular complexity index is 140. The van der Waals surface area contributed by atoms with Gasteiger partial charge in [0.25, 0.3) is 0 Å². The van der Waals surface area contributed by atoms with Gasteiger partial charge >= 0.3 is 0 Å². The van der Waals surface area contributed by atoms with E-state index in [1.165, 1.54) is 6.42 Å². The van der Waals surface area contributed by atoms with Gasteiger partial charge in [0.15, 0.2) is 0 Å². The van der Waals surface area contributed by atoms with Gasteiger partial charge in [-0.2, -0.15) is 0 Å². The fourth-order valence-corrected chi connectivity index (χ4v) is 1.49. The van der Waals surface area contributed by atoms with E-state index < -0.39 is 0 Å². The lowest BCUT2D eigenvalue weighted by Crippen LogP contribution is -2.42. The normalized spacial score (nSPS) is 16.7. The van der Waals surface area contributed by atoms with E-state index in [4.69, 9.17) is 4.74 Å². The second-order valence-corrected chi connectivity index (χ2v) is 5.15. The van der Waals surface area contributed by atoms with Crippen molar-refractivity contribution in [2.24, 2.45) is 5.41 Å². The molecule has 14 heavy (non-hydrogen) atoms. The molecule has 2 heteroatoms. The van der Waals surface area contributed by atoms with Crippen LogP contribution in [0.15, 0.2) is 0 Å². The first-order valence-corrected chi connectivity index (χ1v) is 5.68. The molecule has 2 nitrogen and oxygen atoms in total. The van der Waals surface area contributed by atoms with E-state index >= 15 is 0 Å². The summed E-state index contributed by atoms with van der Waals surface area (Å²) >= 11 is 0. The molecule has 0 rings (SSSR count). The van der Waals surface area contributed by atoms with Gasteiger partial charge in [0.1, 0.15) is 0 Å². The molecule has 0 amide bonds. The Morgan fingerprint density at radius 2 is 1.86 bits per heavy atom. The smallest absolute Gasteiger partial charge is 0.0558 e. The highest BCUT2D eigenvalue weighted by atomic mass is 16.5. The highest BCUT2D eigenvalue weighted by Gasteiger charge is 2.25. The molecular formula is C12H27NO. The summed E-state index contributed by atoms with van der Waals surface area (Å²) in [5, 5.41) is 3.59. The van der Waals surface area contributed by atoms with Crippen LogP contribution in [-0.4, -0.2) is 25.8 Å². The van der Waals surface area contributed by atoms with E-state index in [0.29, 0.717) is 17.6 Å². The molecule has 0 aliphatic rings. The summed E-state index contributed by atoms with van der Waals surface area (Å²) in [5.41, 5.74) is 0.308. The fraction of sp³-hybridized carbons (Fsp3) is 1.00. The second kappa shape index (κ2) is 6.41. The van der Waals surface area contributed by atoms with E-state index in [9.17, 15) is 0 Å². The Labute approximate surface area is 89.4 Å². The zero-order valence-corrected chi connectivity index (χ0v) is 10.7. The van der Waals surface area contributed by atoms with Crippen molar-refractivity contribution in [1.29, 1.82) is 0 Å². The van der Waals surface area contributed by atoms with Crippen LogP contribution in [-0.2, 0) is 4.74 Å². The maximum atomic E-state index is 5.32. The molecule has 0 heterocycles. The Kier molecular flexibility index (Phi) is 6.38. The predicted molar refractivity (Wildman–Crippen MR) is 62.6 cm³/mol. The monoisotopic (exact) mass is 201 g/mol. The number of hydrogen-bond donors (Lipinski definition) is 1. The summed E-state index contributed by atoms with van der Waals surface area (Å²) in [5.74, 6) is 0. The quantitative estimate of drug-likeness (QED) is 0.713. The Morgan fingerprint density at radius 3 is 2.21 bits per heavy atom. The molecule has 0 aromatic heterocycles. The molecule has 0 saturated carbocycles. The summed E-state index contributed by atoms with van der Waals surface area (Å²) in [6.07, 6.45) is 2.61. The lowest BCUT2D eigenvalue weighted by Gasteiger charge is -2.33. The van der Waals surface area contributed by atoms with E-state index in [1.807, 2.05) is 0 Å². The third-order valence-electron chi connectivity index (χ3n) is 2.66. The molecule has 0 bridgehead atoms. The van der Waals surface area contributed by atoms with Crippen LogP contribution in [0.25, 0.3) is 0 Å². The molecule has 0 fully saturated rings. The molecule has 0 aliphatic carbocycles. The first-order valence-electron chi connectivity index (χ1n) is 5.68. The molecule has 86 valence electrons. The average Bonchev–Trinajstić information content (AvgIpc) is 2.09. The number of methoxy groups -OCH3 is 1. The third-order valence-corrected chi connectivity index (χ3v) is 2.66. The molecule has 0 aromatic rings. The van der Waals surface area contributed by atoms with Crippen molar-refractivity contribution in [3.05, 3.63) is 0 Å². The lowest BCUT2D eigenvalue weighted by molar-refractivity contribution is 0.0822. The highest BCUT2D eigenvalue weighted by molar-refractivity contribution is 4.82. The first kappa shape index (κ1) is 13.9. The van der Waals surface area contributed by atoms with Gasteiger partial charge < -0.3 is 10.1 Å². The van der Waals surface area contributed by atoms with Gasteiger partial charge in [0.05, 0.1) is 6.10 Å². The topological polar surface area (TPSA) is 21.3 Å². The summed E-state index contributed by atoms with van der Waals surface area (Å²) in [6.45, 7) is 12.3. The summed E-state index contributed by atoms with van der Waals surface area (Å²) in [7, 11) is 1.78. The molecule has 2 unspecified atom stereocenters. The summed E-state index contributed by atoms with van der Waals surface area (Å²) in [4.78, 5) is 0. The molecule has 1 N–H and O–H groups in total. The van der Waals surface area contributed by atoms with Gasteiger partial charge in [-0.15, -0.1) is 0 Å². The highest BCUT2D eigenvalue weighted by Crippen LogP contribution is 2.23. The summed E-state index contributed by atoms with van der Waals surface area (Å²) < 4.78 is 5.32. The van der Waals surface area contributed by atoms with E-state index in [2.05, 4.69) is 39.9 Å². The molecule has 0 aromatic carbocycles. The lowest BCUT2D eigenvalue weighted by atomic mass is 9.83. The maximum Gasteiger partial charge on any atom is 0.0558 e. The Hall–Kier alpha value is -0.0800. The second-order valence-electron chi connectivity index (χ2n) is 5.15. The molecule has 2 atom stereocenters. The zero-order chi connectivity index (χ0) is 11.2. The Morgan fingerprint density at radius 1 is 1.29 bits per heavy atom. The zero-order valence-electron chi connectivity index (χ0n) is 10.7. The number of nitrogens with one attached hydrogen (secondary N) is 1. The van der Waals surface area contributed by atoms with E-state index in [-0.39, 0.29) is 0 Å². The van der Waals surface area contributed by atoms with Crippen molar-refractivity contribution >= 4 is 0 Å². The minimum atomic E-state index is 0.308. The van der Waals surface area contributed by atoms with Gasteiger partial charge in [-0.1, -0.05) is 27.7 Å². The van der Waals surface area contributed by atoms with Crippen LogP contribution in [0, 0.1) is 5.41 Å². The van der Waals surface area contributed by atoms with Crippen LogP contribution in [0.4, 0.5) is 0 Å². The maximum absolute atomic E-state index is 5.32. The minimum Gasteiger partial charge on any atom is -0.382 e. The average molecular weight is 201 g/mol. The van der Waals surface area contributed by atoms with E-state index in [1.54, 1.807) is 7.11 Å². The van der Waals surface area contributed by atoms with Gasteiger partial charge in [0, 0.05) is 13.2 Å². The molecule has 0 aliphatic heterocycles. The van der Waals surface area contributed by atoms with Crippen molar-refractivity contribution in [2.45, 2.75) is 59.6 Å². The van der Waals surface area contributed by atoms with Crippen molar-refractivity contribution < 1.29 is 4.74 Å². The molecule has 0 saturated heterocycles. The van der Waals surface area contributed by atoms with Crippen LogP contribution < -0.4 is 5.32 Å². The van der Waals surface area contributed by atoms with Gasteiger partial charge in [0.2, 0.25) is 0 Å². The minimum absolute atomic E-state index is 0.308. The van der Waals surface area contributed by atoms with Crippen LogP contribution in [0.2, 0.25) is 0 Å². The van der Waals surface area contributed by atoms with Crippen molar-refractivity contribution in [1.82, 2.24) is 5.32 Å². The van der Waals surface area contributed by atoms with Crippen molar-refractivity contribution in [3.8, 4) is 0 Å². The first-order chi connectivity index (χ1) is 6.41. The van der Waals surface area contributed by atoms with Crippen LogP contribution in [0.3, 0.4) is 0 Å². The molecular weight excluding hydrogens is 174 g/mol. The standard InChI is InChI=1S/C12H27NO/c1-7-8-13-11(12(3,4)5)9-10(2)14-6/h10-11,13H,7-9H2,1-6H3. The third kappa shape index (κ3) is 5.61. The van der Waals surface area contributed by atoms with E-state index in [0.717, 1.165) is 13.0 Å². The summed E-state index contributed by atoms with van der Waals surface area (Å²) in [6, 6.07) is 0.539. The Balaban J connectivity index is 4.11. The van der Waals surface area contributed by atoms with Gasteiger partial charge in [-0.25, -0.2) is 0 Å². The SMILES string of the molecule is CCCNC(CC(C)OC)C(C)(C)C. The van der Waals surface area contributed by atoms with Crippen LogP contribution in [0.5, 0.6) is 0 Å².